The maximum atomic E-state index is 4.38. The van der Waals surface area contributed by atoms with Gasteiger partial charge in [-0.25, -0.2) is 4.98 Å². The van der Waals surface area contributed by atoms with Crippen molar-refractivity contribution in [1.82, 2.24) is 10.3 Å². The van der Waals surface area contributed by atoms with Crippen molar-refractivity contribution in [2.75, 3.05) is 6.54 Å². The molecule has 0 spiro atoms. The molecule has 0 aliphatic carbocycles. The lowest BCUT2D eigenvalue weighted by atomic mass is 10.1. The van der Waals surface area contributed by atoms with Crippen molar-refractivity contribution in [1.29, 1.82) is 0 Å². The van der Waals surface area contributed by atoms with E-state index < -0.39 is 0 Å². The molecule has 17 heavy (non-hydrogen) atoms. The summed E-state index contributed by atoms with van der Waals surface area (Å²) in [6.07, 6.45) is 4.05. The third-order valence-electron chi connectivity index (χ3n) is 2.61. The molecule has 0 radical (unpaired) electrons. The minimum Gasteiger partial charge on any atom is -0.309 e. The zero-order chi connectivity index (χ0) is 12.1. The van der Waals surface area contributed by atoms with E-state index in [1.54, 1.807) is 11.3 Å². The van der Waals surface area contributed by atoms with E-state index in [-0.39, 0.29) is 0 Å². The number of hydrogen-bond acceptors (Lipinski definition) is 4. The molecule has 0 amide bonds. The summed E-state index contributed by atoms with van der Waals surface area (Å²) in [5.74, 6) is 0. The van der Waals surface area contributed by atoms with Crippen molar-refractivity contribution in [2.45, 2.75) is 32.7 Å². The number of aryl methyl sites for hydroxylation is 1. The van der Waals surface area contributed by atoms with Gasteiger partial charge in [0.25, 0.3) is 0 Å². The minimum atomic E-state index is 0.416. The molecule has 2 heterocycles. The summed E-state index contributed by atoms with van der Waals surface area (Å²) in [5, 5.41) is 6.87. The average Bonchev–Trinajstić information content (AvgIpc) is 2.95. The lowest BCUT2D eigenvalue weighted by Gasteiger charge is -2.15. The van der Waals surface area contributed by atoms with Gasteiger partial charge in [0.2, 0.25) is 0 Å². The topological polar surface area (TPSA) is 24.9 Å². The predicted molar refractivity (Wildman–Crippen MR) is 75.9 cm³/mol. The molecule has 0 fully saturated rings. The average molecular weight is 266 g/mol. The monoisotopic (exact) mass is 266 g/mol. The van der Waals surface area contributed by atoms with Gasteiger partial charge < -0.3 is 5.32 Å². The second-order valence-electron chi connectivity index (χ2n) is 4.09. The molecule has 0 saturated heterocycles. The van der Waals surface area contributed by atoms with E-state index in [9.17, 15) is 0 Å². The van der Waals surface area contributed by atoms with E-state index in [0.29, 0.717) is 6.04 Å². The van der Waals surface area contributed by atoms with Crippen LogP contribution in [-0.2, 0) is 6.42 Å². The van der Waals surface area contributed by atoms with Crippen molar-refractivity contribution >= 4 is 22.7 Å². The first-order valence-electron chi connectivity index (χ1n) is 5.97. The van der Waals surface area contributed by atoms with Crippen LogP contribution in [0.3, 0.4) is 0 Å². The number of nitrogens with zero attached hydrogens (tertiary/aromatic N) is 1. The van der Waals surface area contributed by atoms with E-state index in [1.165, 1.54) is 21.2 Å². The Morgan fingerprint density at radius 2 is 2.29 bits per heavy atom. The highest BCUT2D eigenvalue weighted by Gasteiger charge is 2.14. The van der Waals surface area contributed by atoms with Crippen molar-refractivity contribution in [3.63, 3.8) is 0 Å². The van der Waals surface area contributed by atoms with Crippen LogP contribution < -0.4 is 5.32 Å². The SMILES string of the molecule is CCCNC(Cc1nccs1)c1ccc(C)s1. The van der Waals surface area contributed by atoms with Crippen LogP contribution in [0.2, 0.25) is 0 Å². The normalized spacial score (nSPS) is 12.8. The van der Waals surface area contributed by atoms with Gasteiger partial charge in [-0.15, -0.1) is 22.7 Å². The maximum absolute atomic E-state index is 4.38. The van der Waals surface area contributed by atoms with Crippen molar-refractivity contribution < 1.29 is 0 Å². The molecular formula is C13H18N2S2. The summed E-state index contributed by atoms with van der Waals surface area (Å²) >= 11 is 3.62. The lowest BCUT2D eigenvalue weighted by Crippen LogP contribution is -2.23. The highest BCUT2D eigenvalue weighted by Crippen LogP contribution is 2.26. The molecule has 2 nitrogen and oxygen atoms in total. The number of aromatic nitrogens is 1. The Balaban J connectivity index is 2.07. The first-order chi connectivity index (χ1) is 8.29. The molecule has 92 valence electrons. The first kappa shape index (κ1) is 12.7. The smallest absolute Gasteiger partial charge is 0.0944 e. The number of hydrogen-bond donors (Lipinski definition) is 1. The molecular weight excluding hydrogens is 248 g/mol. The second-order valence-corrected chi connectivity index (χ2v) is 6.38. The number of nitrogens with one attached hydrogen (secondary N) is 1. The lowest BCUT2D eigenvalue weighted by molar-refractivity contribution is 0.535. The Kier molecular flexibility index (Phi) is 4.71. The quantitative estimate of drug-likeness (QED) is 0.860. The van der Waals surface area contributed by atoms with Crippen LogP contribution in [0.1, 0.15) is 34.1 Å². The molecule has 0 aromatic carbocycles. The Morgan fingerprint density at radius 3 is 2.88 bits per heavy atom. The van der Waals surface area contributed by atoms with Gasteiger partial charge in [0, 0.05) is 33.8 Å². The molecule has 2 rings (SSSR count). The van der Waals surface area contributed by atoms with Crippen LogP contribution >= 0.6 is 22.7 Å². The largest absolute Gasteiger partial charge is 0.309 e. The second kappa shape index (κ2) is 6.28. The predicted octanol–water partition coefficient (Wildman–Crippen LogP) is 3.80. The Bertz CT molecular complexity index is 434. The van der Waals surface area contributed by atoms with Crippen LogP contribution in [0.5, 0.6) is 0 Å². The molecule has 0 bridgehead atoms. The Hall–Kier alpha value is -0.710. The van der Waals surface area contributed by atoms with Gasteiger partial charge in [-0.2, -0.15) is 0 Å². The fourth-order valence-corrected chi connectivity index (χ4v) is 3.38. The highest BCUT2D eigenvalue weighted by atomic mass is 32.1. The van der Waals surface area contributed by atoms with E-state index in [0.717, 1.165) is 13.0 Å². The fraction of sp³-hybridized carbons (Fsp3) is 0.462. The van der Waals surface area contributed by atoms with E-state index in [1.807, 2.05) is 22.9 Å². The van der Waals surface area contributed by atoms with E-state index in [2.05, 4.69) is 36.3 Å². The first-order valence-corrected chi connectivity index (χ1v) is 7.67. The van der Waals surface area contributed by atoms with Gasteiger partial charge in [0.05, 0.1) is 5.01 Å². The van der Waals surface area contributed by atoms with Gasteiger partial charge in [-0.3, -0.25) is 0 Å². The standard InChI is InChI=1S/C13H18N2S2/c1-3-6-14-11(9-13-15-7-8-16-13)12-5-4-10(2)17-12/h4-5,7-8,11,14H,3,6,9H2,1-2H3. The molecule has 1 N–H and O–H groups in total. The maximum Gasteiger partial charge on any atom is 0.0944 e. The fourth-order valence-electron chi connectivity index (χ4n) is 1.76. The summed E-state index contributed by atoms with van der Waals surface area (Å²) < 4.78 is 0. The summed E-state index contributed by atoms with van der Waals surface area (Å²) in [6.45, 7) is 5.43. The summed E-state index contributed by atoms with van der Waals surface area (Å²) in [7, 11) is 0. The van der Waals surface area contributed by atoms with Gasteiger partial charge in [-0.1, -0.05) is 6.92 Å². The molecule has 1 atom stereocenters. The Labute approximate surface area is 111 Å². The molecule has 2 aromatic heterocycles. The van der Waals surface area contributed by atoms with Crippen LogP contribution in [0.4, 0.5) is 0 Å². The van der Waals surface area contributed by atoms with Crippen molar-refractivity contribution in [2.24, 2.45) is 0 Å². The number of thiazole rings is 1. The summed E-state index contributed by atoms with van der Waals surface area (Å²) in [6, 6.07) is 4.85. The van der Waals surface area contributed by atoms with Crippen LogP contribution in [-0.4, -0.2) is 11.5 Å². The van der Waals surface area contributed by atoms with Gasteiger partial charge in [0.15, 0.2) is 0 Å². The number of thiophene rings is 1. The van der Waals surface area contributed by atoms with Crippen LogP contribution in [0, 0.1) is 6.92 Å². The molecule has 2 aromatic rings. The van der Waals surface area contributed by atoms with Crippen LogP contribution in [0.15, 0.2) is 23.7 Å². The molecule has 4 heteroatoms. The minimum absolute atomic E-state index is 0.416. The van der Waals surface area contributed by atoms with Gasteiger partial charge in [-0.05, 0) is 32.0 Å². The van der Waals surface area contributed by atoms with Crippen molar-refractivity contribution in [3.05, 3.63) is 38.5 Å². The third kappa shape index (κ3) is 3.63. The molecule has 1 unspecified atom stereocenters. The van der Waals surface area contributed by atoms with Crippen molar-refractivity contribution in [3.8, 4) is 0 Å². The Morgan fingerprint density at radius 1 is 1.41 bits per heavy atom. The molecule has 0 aliphatic rings. The van der Waals surface area contributed by atoms with Gasteiger partial charge >= 0.3 is 0 Å². The summed E-state index contributed by atoms with van der Waals surface area (Å²) in [5.41, 5.74) is 0. The third-order valence-corrected chi connectivity index (χ3v) is 4.52. The van der Waals surface area contributed by atoms with Gasteiger partial charge in [0.1, 0.15) is 0 Å². The van der Waals surface area contributed by atoms with E-state index >= 15 is 0 Å². The zero-order valence-electron chi connectivity index (χ0n) is 10.3. The van der Waals surface area contributed by atoms with Crippen LogP contribution in [0.25, 0.3) is 0 Å². The number of rotatable bonds is 6. The molecule has 0 saturated carbocycles. The summed E-state index contributed by atoms with van der Waals surface area (Å²) in [4.78, 5) is 7.18. The molecule has 0 aliphatic heterocycles. The highest BCUT2D eigenvalue weighted by molar-refractivity contribution is 7.12. The van der Waals surface area contributed by atoms with E-state index in [4.69, 9.17) is 0 Å². The zero-order valence-corrected chi connectivity index (χ0v) is 11.9.